The average Bonchev–Trinajstić information content (AvgIpc) is 2.90. The number of methoxy groups -OCH3 is 1. The maximum absolute atomic E-state index is 6.67. The van der Waals surface area contributed by atoms with Gasteiger partial charge in [-0.05, 0) is 70.7 Å². The Labute approximate surface area is 155 Å². The van der Waals surface area contributed by atoms with E-state index in [0.29, 0.717) is 17.5 Å². The first-order valence-corrected chi connectivity index (χ1v) is 9.81. The predicted octanol–water partition coefficient (Wildman–Crippen LogP) is 3.43. The highest BCUT2D eigenvalue weighted by atomic mass is 16.6. The van der Waals surface area contributed by atoms with E-state index in [1.807, 2.05) is 0 Å². The van der Waals surface area contributed by atoms with Crippen molar-refractivity contribution in [1.29, 1.82) is 0 Å². The van der Waals surface area contributed by atoms with Gasteiger partial charge in [-0.15, -0.1) is 0 Å². The second kappa shape index (κ2) is 4.24. The number of rotatable bonds is 2. The summed E-state index contributed by atoms with van der Waals surface area (Å²) in [6.45, 7) is 6.36. The molecule has 2 fully saturated rings. The number of allylic oxidation sites excluding steroid dienone is 1. The van der Waals surface area contributed by atoms with Crippen LogP contribution in [0.15, 0.2) is 24.0 Å². The van der Waals surface area contributed by atoms with E-state index < -0.39 is 0 Å². The van der Waals surface area contributed by atoms with Gasteiger partial charge in [0.1, 0.15) is 11.4 Å². The van der Waals surface area contributed by atoms with Crippen molar-refractivity contribution in [2.24, 2.45) is 5.92 Å². The summed E-state index contributed by atoms with van der Waals surface area (Å²) in [4.78, 5) is 2.62. The van der Waals surface area contributed by atoms with Crippen molar-refractivity contribution in [2.45, 2.75) is 68.7 Å². The molecule has 6 rings (SSSR count). The van der Waals surface area contributed by atoms with Crippen molar-refractivity contribution in [3.63, 3.8) is 0 Å². The number of benzene rings is 1. The van der Waals surface area contributed by atoms with Crippen molar-refractivity contribution in [2.75, 3.05) is 14.2 Å². The molecule has 1 unspecified atom stereocenters. The van der Waals surface area contributed by atoms with Crippen LogP contribution in [-0.2, 0) is 16.6 Å². The third kappa shape index (κ3) is 1.50. The zero-order valence-electron chi connectivity index (χ0n) is 16.3. The normalized spacial score (nSPS) is 43.2. The first-order chi connectivity index (χ1) is 12.3. The number of likely N-dealkylation sites (tertiary alicyclic amines) is 1. The molecule has 1 saturated heterocycles. The van der Waals surface area contributed by atoms with Crippen LogP contribution in [0.3, 0.4) is 0 Å². The van der Waals surface area contributed by atoms with E-state index >= 15 is 0 Å². The molecule has 2 bridgehead atoms. The van der Waals surface area contributed by atoms with Gasteiger partial charge < -0.3 is 14.2 Å². The summed E-state index contributed by atoms with van der Waals surface area (Å²) < 4.78 is 18.8. The van der Waals surface area contributed by atoms with Crippen molar-refractivity contribution < 1.29 is 14.2 Å². The van der Waals surface area contributed by atoms with Crippen LogP contribution in [0.4, 0.5) is 0 Å². The fraction of sp³-hybridized carbons (Fsp3) is 0.636. The van der Waals surface area contributed by atoms with Gasteiger partial charge in [-0.25, -0.2) is 0 Å². The highest BCUT2D eigenvalue weighted by Crippen LogP contribution is 2.75. The molecule has 1 aromatic carbocycles. The van der Waals surface area contributed by atoms with E-state index in [1.165, 1.54) is 17.5 Å². The van der Waals surface area contributed by atoms with Crippen LogP contribution in [0.2, 0.25) is 0 Å². The molecule has 2 heterocycles. The van der Waals surface area contributed by atoms with E-state index in [4.69, 9.17) is 14.2 Å². The van der Waals surface area contributed by atoms with Crippen molar-refractivity contribution in [1.82, 2.24) is 4.90 Å². The first-order valence-electron chi connectivity index (χ1n) is 9.81. The average molecular weight is 353 g/mol. The molecule has 4 nitrogen and oxygen atoms in total. The molecule has 2 spiro atoms. The fourth-order valence-electron chi connectivity index (χ4n) is 6.87. The van der Waals surface area contributed by atoms with Crippen LogP contribution >= 0.6 is 0 Å². The second-order valence-corrected chi connectivity index (χ2v) is 9.85. The fourth-order valence-corrected chi connectivity index (χ4v) is 6.87. The molecule has 0 radical (unpaired) electrons. The van der Waals surface area contributed by atoms with Gasteiger partial charge in [0.25, 0.3) is 0 Å². The first kappa shape index (κ1) is 15.4. The maximum atomic E-state index is 6.67. The smallest absolute Gasteiger partial charge is 0.166 e. The molecule has 26 heavy (non-hydrogen) atoms. The SMILES string of the molecule is COc1ccc2c3c1O[C@H]1C(OC(C)(C)C)=CC[C@H]4[C@@H]5N(C)[C@]5(C2)C[C@]314. The number of nitrogens with zero attached hydrogens (tertiary/aromatic N) is 1. The number of hydrogen-bond donors (Lipinski definition) is 0. The molecule has 0 amide bonds. The Bertz CT molecular complexity index is 869. The van der Waals surface area contributed by atoms with Gasteiger partial charge in [-0.3, -0.25) is 4.90 Å². The molecule has 138 valence electrons. The van der Waals surface area contributed by atoms with Gasteiger partial charge in [-0.1, -0.05) is 6.07 Å². The Balaban J connectivity index is 1.57. The number of ether oxygens (including phenoxy) is 3. The summed E-state index contributed by atoms with van der Waals surface area (Å²) in [7, 11) is 4.05. The van der Waals surface area contributed by atoms with Crippen molar-refractivity contribution in [3.05, 3.63) is 35.1 Å². The Hall–Kier alpha value is -1.68. The largest absolute Gasteiger partial charge is 0.493 e. The van der Waals surface area contributed by atoms with Gasteiger partial charge in [0.2, 0.25) is 0 Å². The molecular formula is C22H27NO3. The minimum Gasteiger partial charge on any atom is -0.493 e. The Morgan fingerprint density at radius 3 is 2.81 bits per heavy atom. The van der Waals surface area contributed by atoms with E-state index in [0.717, 1.165) is 30.1 Å². The molecule has 2 aliphatic heterocycles. The lowest BCUT2D eigenvalue weighted by Gasteiger charge is -2.46. The summed E-state index contributed by atoms with van der Waals surface area (Å²) >= 11 is 0. The summed E-state index contributed by atoms with van der Waals surface area (Å²) in [6.07, 6.45) is 5.71. The predicted molar refractivity (Wildman–Crippen MR) is 98.7 cm³/mol. The van der Waals surface area contributed by atoms with Crippen LogP contribution in [-0.4, -0.2) is 42.3 Å². The van der Waals surface area contributed by atoms with Gasteiger partial charge in [0, 0.05) is 17.1 Å². The van der Waals surface area contributed by atoms with Gasteiger partial charge in [-0.2, -0.15) is 0 Å². The molecule has 0 aromatic heterocycles. The molecule has 1 aromatic rings. The topological polar surface area (TPSA) is 30.7 Å². The molecule has 4 heteroatoms. The zero-order valence-corrected chi connectivity index (χ0v) is 16.3. The van der Waals surface area contributed by atoms with Gasteiger partial charge in [0.15, 0.2) is 17.6 Å². The summed E-state index contributed by atoms with van der Waals surface area (Å²) in [5.41, 5.74) is 3.07. The second-order valence-electron chi connectivity index (χ2n) is 9.85. The molecule has 1 saturated carbocycles. The van der Waals surface area contributed by atoms with Crippen LogP contribution in [0.25, 0.3) is 0 Å². The zero-order chi connectivity index (χ0) is 18.1. The standard InChI is InChI=1S/C22H27NO3/c1-20(2,3)26-15-9-7-13-18-21(23(18)4)10-12-6-8-14(24-5)17-16(12)22(13,11-21)19(15)25-17/h6,8-9,13,18-19H,7,10-11H2,1-5H3/t13-,18-,19-,21+,22-,23?/m0/s1. The third-order valence-corrected chi connectivity index (χ3v) is 7.59. The quantitative estimate of drug-likeness (QED) is 0.762. The minimum atomic E-state index is -0.217. The summed E-state index contributed by atoms with van der Waals surface area (Å²) in [6, 6.07) is 5.04. The van der Waals surface area contributed by atoms with Crippen LogP contribution in [0.5, 0.6) is 11.5 Å². The minimum absolute atomic E-state index is 0.0103. The van der Waals surface area contributed by atoms with Crippen molar-refractivity contribution >= 4 is 0 Å². The maximum Gasteiger partial charge on any atom is 0.166 e. The Morgan fingerprint density at radius 2 is 2.08 bits per heavy atom. The Kier molecular flexibility index (Phi) is 2.51. The van der Waals surface area contributed by atoms with Crippen molar-refractivity contribution in [3.8, 4) is 11.5 Å². The molecule has 3 aliphatic carbocycles. The van der Waals surface area contributed by atoms with Crippen LogP contribution in [0, 0.1) is 5.92 Å². The number of piperidine rings is 1. The van der Waals surface area contributed by atoms with Crippen LogP contribution < -0.4 is 9.47 Å². The summed E-state index contributed by atoms with van der Waals surface area (Å²) in [5, 5.41) is 0. The van der Waals surface area contributed by atoms with E-state index in [9.17, 15) is 0 Å². The highest BCUT2D eigenvalue weighted by molar-refractivity contribution is 5.65. The van der Waals surface area contributed by atoms with Gasteiger partial charge in [0.05, 0.1) is 12.5 Å². The van der Waals surface area contributed by atoms with E-state index in [-0.39, 0.29) is 17.1 Å². The molecule has 6 atom stereocenters. The molecule has 0 N–H and O–H groups in total. The number of fused-ring (bicyclic) bond motifs is 1. The molecular weight excluding hydrogens is 326 g/mol. The van der Waals surface area contributed by atoms with Crippen LogP contribution in [0.1, 0.15) is 44.7 Å². The lowest BCUT2D eigenvalue weighted by atomic mass is 9.60. The summed E-state index contributed by atoms with van der Waals surface area (Å²) in [5.74, 6) is 3.48. The lowest BCUT2D eigenvalue weighted by molar-refractivity contribution is -0.0186. The van der Waals surface area contributed by atoms with E-state index in [1.54, 1.807) is 7.11 Å². The van der Waals surface area contributed by atoms with E-state index in [2.05, 4.69) is 50.9 Å². The monoisotopic (exact) mass is 353 g/mol. The van der Waals surface area contributed by atoms with Gasteiger partial charge >= 0.3 is 0 Å². The third-order valence-electron chi connectivity index (χ3n) is 7.59. The lowest BCUT2D eigenvalue weighted by Crippen LogP contribution is -2.52. The Morgan fingerprint density at radius 1 is 1.27 bits per heavy atom. The molecule has 5 aliphatic rings. The number of hydrogen-bond acceptors (Lipinski definition) is 4. The highest BCUT2D eigenvalue weighted by Gasteiger charge is 2.81. The number of likely N-dealkylation sites (N-methyl/N-ethyl adjacent to an activating group) is 1.